The topological polar surface area (TPSA) is 162 Å². The van der Waals surface area contributed by atoms with Crippen LogP contribution in [-0.4, -0.2) is 55.1 Å². The number of hydrogen-bond donors (Lipinski definition) is 2. The lowest BCUT2D eigenvalue weighted by molar-refractivity contribution is 0.256. The van der Waals surface area contributed by atoms with Gasteiger partial charge < -0.3 is 4.74 Å². The highest BCUT2D eigenvalue weighted by Gasteiger charge is 2.33. The van der Waals surface area contributed by atoms with Crippen LogP contribution in [-0.2, 0) is 19.9 Å². The Kier molecular flexibility index (Phi) is 5.39. The van der Waals surface area contributed by atoms with Crippen LogP contribution in [0.15, 0.2) is 46.7 Å². The number of nitrogens with one attached hydrogen (secondary N) is 2. The number of pyridine rings is 1. The zero-order valence-electron chi connectivity index (χ0n) is 15.2. The predicted molar refractivity (Wildman–Crippen MR) is 101 cm³/mol. The van der Waals surface area contributed by atoms with E-state index in [9.17, 15) is 21.6 Å². The summed E-state index contributed by atoms with van der Waals surface area (Å²) in [6.07, 6.45) is 2.63. The molecule has 0 saturated carbocycles. The first-order valence-electron chi connectivity index (χ1n) is 8.08. The van der Waals surface area contributed by atoms with Crippen LogP contribution in [0.4, 0.5) is 10.7 Å². The number of fused-ring (bicyclic) bond motifs is 1. The summed E-state index contributed by atoms with van der Waals surface area (Å²) in [6, 6.07) is 4.75. The molecule has 0 aliphatic heterocycles. The van der Waals surface area contributed by atoms with E-state index in [4.69, 9.17) is 4.74 Å². The first kappa shape index (κ1) is 20.5. The van der Waals surface area contributed by atoms with E-state index < -0.39 is 35.9 Å². The molecule has 3 rings (SSSR count). The molecule has 0 fully saturated rings. The van der Waals surface area contributed by atoms with Gasteiger partial charge in [0.15, 0.2) is 19.9 Å². The largest absolute Gasteiger partial charge is 0.481 e. The van der Waals surface area contributed by atoms with Gasteiger partial charge in [-0.3, -0.25) is 9.72 Å². The monoisotopic (exact) mass is 440 g/mol. The highest BCUT2D eigenvalue weighted by atomic mass is 32.2. The highest BCUT2D eigenvalue weighted by molar-refractivity contribution is 7.93. The van der Waals surface area contributed by atoms with Crippen LogP contribution >= 0.6 is 0 Å². The van der Waals surface area contributed by atoms with Gasteiger partial charge in [0.05, 0.1) is 12.9 Å². The van der Waals surface area contributed by atoms with Crippen molar-refractivity contribution in [1.29, 1.82) is 0 Å². The van der Waals surface area contributed by atoms with Gasteiger partial charge in [-0.1, -0.05) is 13.0 Å². The van der Waals surface area contributed by atoms with E-state index in [1.807, 2.05) is 0 Å². The van der Waals surface area contributed by atoms with Crippen LogP contribution in [0.25, 0.3) is 5.65 Å². The number of nitrogens with zero attached hydrogens (tertiary/aromatic N) is 4. The third-order valence-electron chi connectivity index (χ3n) is 3.68. The van der Waals surface area contributed by atoms with Crippen LogP contribution in [0, 0.1) is 0 Å². The fraction of sp³-hybridized carbons (Fsp3) is 0.200. The number of amides is 2. The number of sulfonamides is 1. The minimum Gasteiger partial charge on any atom is -0.481 e. The Balaban J connectivity index is 2.00. The Morgan fingerprint density at radius 2 is 1.93 bits per heavy atom. The molecule has 12 nitrogen and oxygen atoms in total. The van der Waals surface area contributed by atoms with Crippen molar-refractivity contribution in [3.05, 3.63) is 36.7 Å². The van der Waals surface area contributed by atoms with Crippen molar-refractivity contribution in [2.75, 3.05) is 18.2 Å². The van der Waals surface area contributed by atoms with E-state index in [-0.39, 0.29) is 23.2 Å². The number of imidazole rings is 1. The molecule has 14 heteroatoms. The molecular formula is C15H16N6O6S2. The van der Waals surface area contributed by atoms with Crippen molar-refractivity contribution in [1.82, 2.24) is 24.1 Å². The molecule has 0 saturated heterocycles. The Hall–Kier alpha value is -3.26. The van der Waals surface area contributed by atoms with Crippen molar-refractivity contribution in [2.45, 2.75) is 17.0 Å². The average Bonchev–Trinajstić information content (AvgIpc) is 3.09. The SMILES string of the molecule is CCS(=O)(=O)c1nc2ccccn2c1S(=O)(=O)NC(=O)Nc1nccc(OC)n1. The van der Waals surface area contributed by atoms with Gasteiger partial charge in [-0.15, -0.1) is 0 Å². The second-order valence-corrected chi connectivity index (χ2v) is 9.33. The summed E-state index contributed by atoms with van der Waals surface area (Å²) in [6.45, 7) is 1.36. The second kappa shape index (κ2) is 7.63. The molecule has 29 heavy (non-hydrogen) atoms. The van der Waals surface area contributed by atoms with E-state index in [0.29, 0.717) is 0 Å². The normalized spacial score (nSPS) is 11.9. The molecule has 154 valence electrons. The van der Waals surface area contributed by atoms with Crippen LogP contribution in [0.1, 0.15) is 6.92 Å². The van der Waals surface area contributed by atoms with Crippen molar-refractivity contribution in [3.8, 4) is 5.88 Å². The minimum atomic E-state index is -4.63. The Morgan fingerprint density at radius 1 is 1.17 bits per heavy atom. The number of methoxy groups -OCH3 is 1. The lowest BCUT2D eigenvalue weighted by Crippen LogP contribution is -2.36. The van der Waals surface area contributed by atoms with Gasteiger partial charge >= 0.3 is 6.03 Å². The maximum Gasteiger partial charge on any atom is 0.335 e. The minimum absolute atomic E-state index is 0.0939. The first-order chi connectivity index (χ1) is 13.7. The average molecular weight is 440 g/mol. The predicted octanol–water partition coefficient (Wildman–Crippen LogP) is 0.437. The summed E-state index contributed by atoms with van der Waals surface area (Å²) in [5, 5.41) is 0.826. The Morgan fingerprint density at radius 3 is 2.62 bits per heavy atom. The molecule has 0 bridgehead atoms. The van der Waals surface area contributed by atoms with Gasteiger partial charge in [-0.2, -0.15) is 13.4 Å². The van der Waals surface area contributed by atoms with Crippen LogP contribution in [0.3, 0.4) is 0 Å². The fourth-order valence-corrected chi connectivity index (χ4v) is 5.01. The molecule has 0 aromatic carbocycles. The molecule has 0 atom stereocenters. The number of carbonyl (C=O) groups is 1. The lowest BCUT2D eigenvalue weighted by atomic mass is 10.5. The summed E-state index contributed by atoms with van der Waals surface area (Å²) in [5.74, 6) is -0.434. The molecule has 0 unspecified atom stereocenters. The van der Waals surface area contributed by atoms with Gasteiger partial charge in [0.1, 0.15) is 5.65 Å². The van der Waals surface area contributed by atoms with E-state index in [1.165, 1.54) is 44.6 Å². The molecular weight excluding hydrogens is 424 g/mol. The van der Waals surface area contributed by atoms with Crippen molar-refractivity contribution >= 4 is 37.5 Å². The van der Waals surface area contributed by atoms with Gasteiger partial charge in [0.25, 0.3) is 10.0 Å². The summed E-state index contributed by atoms with van der Waals surface area (Å²) < 4.78 is 58.2. The number of carbonyl (C=O) groups excluding carboxylic acids is 1. The number of anilines is 1. The van der Waals surface area contributed by atoms with Crippen molar-refractivity contribution in [3.63, 3.8) is 0 Å². The number of aromatic nitrogens is 4. The van der Waals surface area contributed by atoms with Crippen molar-refractivity contribution < 1.29 is 26.4 Å². The quantitative estimate of drug-likeness (QED) is 0.554. The zero-order chi connectivity index (χ0) is 21.2. The summed E-state index contributed by atoms with van der Waals surface area (Å²) in [7, 11) is -7.27. The maximum atomic E-state index is 12.9. The zero-order valence-corrected chi connectivity index (χ0v) is 16.9. The van der Waals surface area contributed by atoms with E-state index >= 15 is 0 Å². The molecule has 0 spiro atoms. The van der Waals surface area contributed by atoms with Gasteiger partial charge in [-0.05, 0) is 12.1 Å². The highest BCUT2D eigenvalue weighted by Crippen LogP contribution is 2.23. The van der Waals surface area contributed by atoms with E-state index in [1.54, 1.807) is 10.8 Å². The fourth-order valence-electron chi connectivity index (χ4n) is 2.35. The third-order valence-corrected chi connectivity index (χ3v) is 6.79. The summed E-state index contributed by atoms with van der Waals surface area (Å²) in [5.41, 5.74) is 0.0939. The standard InChI is InChI=1S/C15H16N6O6S2/c1-3-28(23,24)12-13(21-9-5-4-6-10(21)17-12)29(25,26)20-15(22)19-14-16-8-7-11(18-14)27-2/h4-9H,3H2,1-2H3,(H2,16,18,19,20,22). The summed E-state index contributed by atoms with van der Waals surface area (Å²) in [4.78, 5) is 23.7. The number of sulfone groups is 1. The molecule has 2 amide bonds. The molecule has 3 aromatic heterocycles. The smallest absolute Gasteiger partial charge is 0.335 e. The Bertz CT molecular complexity index is 1290. The number of rotatable bonds is 6. The number of ether oxygens (including phenoxy) is 1. The van der Waals surface area contributed by atoms with Gasteiger partial charge in [-0.25, -0.2) is 27.9 Å². The molecule has 0 aliphatic carbocycles. The lowest BCUT2D eigenvalue weighted by Gasteiger charge is -2.09. The van der Waals surface area contributed by atoms with E-state index in [2.05, 4.69) is 20.3 Å². The first-order valence-corrected chi connectivity index (χ1v) is 11.2. The third kappa shape index (κ3) is 4.12. The maximum absolute atomic E-state index is 12.9. The van der Waals surface area contributed by atoms with E-state index in [0.717, 1.165) is 4.40 Å². The van der Waals surface area contributed by atoms with Crippen LogP contribution in [0.2, 0.25) is 0 Å². The Labute approximate surface area is 165 Å². The van der Waals surface area contributed by atoms with Gasteiger partial charge in [0, 0.05) is 18.5 Å². The molecule has 0 aliphatic rings. The van der Waals surface area contributed by atoms with Crippen molar-refractivity contribution in [2.24, 2.45) is 0 Å². The summed E-state index contributed by atoms with van der Waals surface area (Å²) >= 11 is 0. The molecule has 3 heterocycles. The van der Waals surface area contributed by atoms with Crippen LogP contribution in [0.5, 0.6) is 5.88 Å². The second-order valence-electron chi connectivity index (χ2n) is 5.54. The number of urea groups is 1. The molecule has 2 N–H and O–H groups in total. The van der Waals surface area contributed by atoms with Gasteiger partial charge in [0.2, 0.25) is 11.8 Å². The molecule has 3 aromatic rings. The van der Waals surface area contributed by atoms with Crippen LogP contribution < -0.4 is 14.8 Å². The number of hydrogen-bond acceptors (Lipinski definition) is 9. The molecule has 0 radical (unpaired) electrons.